The molecule has 6 nitrogen and oxygen atoms in total. The molecule has 0 amide bonds. The summed E-state index contributed by atoms with van der Waals surface area (Å²) in [4.78, 5) is 3.91. The van der Waals surface area contributed by atoms with Crippen LogP contribution < -0.4 is 10.2 Å². The van der Waals surface area contributed by atoms with E-state index in [0.29, 0.717) is 23.6 Å². The molecule has 0 bridgehead atoms. The summed E-state index contributed by atoms with van der Waals surface area (Å²) < 4.78 is 5.39. The maximum absolute atomic E-state index is 8.89. The molecule has 0 saturated carbocycles. The lowest BCUT2D eigenvalue weighted by molar-refractivity contribution is 0.296. The summed E-state index contributed by atoms with van der Waals surface area (Å²) in [6.07, 6.45) is 1.41. The van der Waals surface area contributed by atoms with E-state index in [1.165, 1.54) is 6.33 Å². The van der Waals surface area contributed by atoms with Crippen molar-refractivity contribution in [2.75, 3.05) is 0 Å². The fraction of sp³-hybridized carbons (Fsp3) is 0.111. The van der Waals surface area contributed by atoms with Gasteiger partial charge in [0.15, 0.2) is 5.82 Å². The number of rotatable bonds is 4. The van der Waals surface area contributed by atoms with Crippen LogP contribution in [0.1, 0.15) is 5.82 Å². The number of nitrogens with one attached hydrogen (secondary N) is 1. The van der Waals surface area contributed by atoms with E-state index in [-0.39, 0.29) is 0 Å². The largest absolute Gasteiger partial charge is 0.488 e. The fourth-order valence-electron chi connectivity index (χ4n) is 1.19. The van der Waals surface area contributed by atoms with E-state index in [9.17, 15) is 0 Å². The zero-order valence-electron chi connectivity index (χ0n) is 8.37. The third-order valence-electron chi connectivity index (χ3n) is 2.02. The molecule has 7 heteroatoms. The number of H-pyrrole nitrogens is 1. The molecular formula is C9H10BN3O3. The molecule has 0 fully saturated rings. The average molecular weight is 219 g/mol. The van der Waals surface area contributed by atoms with Crippen LogP contribution in [0.3, 0.4) is 0 Å². The molecule has 0 aliphatic carbocycles. The predicted molar refractivity (Wildman–Crippen MR) is 57.0 cm³/mol. The van der Waals surface area contributed by atoms with Crippen LogP contribution >= 0.6 is 0 Å². The third kappa shape index (κ3) is 2.59. The van der Waals surface area contributed by atoms with Gasteiger partial charge in [0.1, 0.15) is 18.7 Å². The van der Waals surface area contributed by atoms with Crippen molar-refractivity contribution < 1.29 is 14.8 Å². The maximum atomic E-state index is 8.89. The molecule has 1 heterocycles. The smallest absolute Gasteiger partial charge is 0.486 e. The van der Waals surface area contributed by atoms with Gasteiger partial charge in [-0.25, -0.2) is 4.98 Å². The highest BCUT2D eigenvalue weighted by atomic mass is 16.5. The van der Waals surface area contributed by atoms with Gasteiger partial charge < -0.3 is 14.8 Å². The Bertz CT molecular complexity index is 430. The van der Waals surface area contributed by atoms with Crippen LogP contribution in [0.5, 0.6) is 5.75 Å². The van der Waals surface area contributed by atoms with E-state index in [2.05, 4.69) is 15.2 Å². The fourth-order valence-corrected chi connectivity index (χ4v) is 1.19. The van der Waals surface area contributed by atoms with E-state index in [0.717, 1.165) is 0 Å². The van der Waals surface area contributed by atoms with Crippen molar-refractivity contribution in [2.45, 2.75) is 6.61 Å². The van der Waals surface area contributed by atoms with E-state index in [4.69, 9.17) is 14.8 Å². The van der Waals surface area contributed by atoms with Crippen LogP contribution in [0.25, 0.3) is 0 Å². The monoisotopic (exact) mass is 219 g/mol. The van der Waals surface area contributed by atoms with Crippen LogP contribution in [0.2, 0.25) is 0 Å². The van der Waals surface area contributed by atoms with Crippen LogP contribution in [-0.2, 0) is 6.61 Å². The summed E-state index contributed by atoms with van der Waals surface area (Å²) in [5.74, 6) is 1.26. The van der Waals surface area contributed by atoms with Gasteiger partial charge in [-0.1, -0.05) is 12.1 Å². The quantitative estimate of drug-likeness (QED) is 0.577. The van der Waals surface area contributed by atoms with Crippen molar-refractivity contribution in [1.82, 2.24) is 15.2 Å². The van der Waals surface area contributed by atoms with Crippen LogP contribution in [0.4, 0.5) is 0 Å². The van der Waals surface area contributed by atoms with Gasteiger partial charge in [0.2, 0.25) is 0 Å². The molecule has 0 unspecified atom stereocenters. The number of ether oxygens (including phenoxy) is 1. The van der Waals surface area contributed by atoms with Crippen LogP contribution in [0, 0.1) is 0 Å². The molecule has 0 aliphatic heterocycles. The molecule has 16 heavy (non-hydrogen) atoms. The molecule has 0 aliphatic rings. The molecule has 2 rings (SSSR count). The standard InChI is InChI=1S/C9H10BN3O3/c14-10(15)7-1-3-8(4-2-7)16-5-9-11-6-12-13-9/h1-4,6,14-15H,5H2,(H,11,12,13). The highest BCUT2D eigenvalue weighted by Gasteiger charge is 2.09. The van der Waals surface area contributed by atoms with Crippen molar-refractivity contribution in [3.63, 3.8) is 0 Å². The first-order chi connectivity index (χ1) is 7.75. The van der Waals surface area contributed by atoms with Gasteiger partial charge in [0, 0.05) is 0 Å². The SMILES string of the molecule is OB(O)c1ccc(OCc2ncn[nH]2)cc1. The number of nitrogens with zero attached hydrogens (tertiary/aromatic N) is 2. The van der Waals surface area contributed by atoms with Crippen molar-refractivity contribution in [2.24, 2.45) is 0 Å². The summed E-state index contributed by atoms with van der Waals surface area (Å²) in [5.41, 5.74) is 0.423. The number of benzene rings is 1. The van der Waals surface area contributed by atoms with Crippen molar-refractivity contribution in [1.29, 1.82) is 0 Å². The van der Waals surface area contributed by atoms with E-state index < -0.39 is 7.12 Å². The highest BCUT2D eigenvalue weighted by Crippen LogP contribution is 2.09. The Morgan fingerprint density at radius 3 is 2.56 bits per heavy atom. The molecule has 82 valence electrons. The Kier molecular flexibility index (Phi) is 3.18. The normalized spacial score (nSPS) is 10.1. The number of hydrogen-bond donors (Lipinski definition) is 3. The lowest BCUT2D eigenvalue weighted by Crippen LogP contribution is -2.29. The number of hydrogen-bond acceptors (Lipinski definition) is 5. The summed E-state index contributed by atoms with van der Waals surface area (Å²) in [7, 11) is -1.46. The van der Waals surface area contributed by atoms with Gasteiger partial charge in [-0.3, -0.25) is 5.10 Å². The average Bonchev–Trinajstić information content (AvgIpc) is 2.80. The minimum absolute atomic E-state index is 0.293. The van der Waals surface area contributed by atoms with Gasteiger partial charge >= 0.3 is 7.12 Å². The predicted octanol–water partition coefficient (Wildman–Crippen LogP) is -0.937. The van der Waals surface area contributed by atoms with Crippen molar-refractivity contribution in [3.05, 3.63) is 36.4 Å². The van der Waals surface area contributed by atoms with Gasteiger partial charge in [-0.15, -0.1) is 0 Å². The summed E-state index contributed by atoms with van der Waals surface area (Å²) in [6.45, 7) is 0.293. The molecule has 0 saturated heterocycles. The van der Waals surface area contributed by atoms with Crippen molar-refractivity contribution in [3.8, 4) is 5.75 Å². The first kappa shape index (κ1) is 10.7. The molecule has 1 aromatic heterocycles. The van der Waals surface area contributed by atoms with Crippen molar-refractivity contribution >= 4 is 12.6 Å². The van der Waals surface area contributed by atoms with E-state index in [1.54, 1.807) is 24.3 Å². The first-order valence-corrected chi connectivity index (χ1v) is 4.69. The Labute approximate surface area is 92.1 Å². The zero-order valence-corrected chi connectivity index (χ0v) is 8.37. The summed E-state index contributed by atoms with van der Waals surface area (Å²) >= 11 is 0. The highest BCUT2D eigenvalue weighted by molar-refractivity contribution is 6.58. The molecule has 2 aromatic rings. The molecule has 1 aromatic carbocycles. The topological polar surface area (TPSA) is 91.3 Å². The van der Waals surface area contributed by atoms with Crippen LogP contribution in [-0.4, -0.2) is 32.3 Å². The van der Waals surface area contributed by atoms with Gasteiger partial charge in [-0.05, 0) is 17.6 Å². The first-order valence-electron chi connectivity index (χ1n) is 4.69. The molecule has 0 atom stereocenters. The zero-order chi connectivity index (χ0) is 11.4. The second-order valence-electron chi connectivity index (χ2n) is 3.16. The molecule has 3 N–H and O–H groups in total. The van der Waals surface area contributed by atoms with Gasteiger partial charge in [0.25, 0.3) is 0 Å². The third-order valence-corrected chi connectivity index (χ3v) is 2.02. The van der Waals surface area contributed by atoms with Gasteiger partial charge in [-0.2, -0.15) is 5.10 Å². The van der Waals surface area contributed by atoms with Gasteiger partial charge in [0.05, 0.1) is 0 Å². The number of aromatic amines is 1. The molecular weight excluding hydrogens is 209 g/mol. The minimum Gasteiger partial charge on any atom is -0.486 e. The molecule has 0 spiro atoms. The summed E-state index contributed by atoms with van der Waals surface area (Å²) in [5, 5.41) is 24.1. The lowest BCUT2D eigenvalue weighted by Gasteiger charge is -2.04. The maximum Gasteiger partial charge on any atom is 0.488 e. The Hall–Kier alpha value is -1.86. The van der Waals surface area contributed by atoms with E-state index in [1.807, 2.05) is 0 Å². The summed E-state index contributed by atoms with van der Waals surface area (Å²) in [6, 6.07) is 6.48. The second kappa shape index (κ2) is 4.78. The lowest BCUT2D eigenvalue weighted by atomic mass is 9.80. The van der Waals surface area contributed by atoms with Crippen LogP contribution in [0.15, 0.2) is 30.6 Å². The minimum atomic E-state index is -1.46. The number of aromatic nitrogens is 3. The Morgan fingerprint density at radius 2 is 2.00 bits per heavy atom. The van der Waals surface area contributed by atoms with E-state index >= 15 is 0 Å². The Morgan fingerprint density at radius 1 is 1.25 bits per heavy atom. The second-order valence-corrected chi connectivity index (χ2v) is 3.16. The molecule has 0 radical (unpaired) electrons. The Balaban J connectivity index is 1.95.